The van der Waals surface area contributed by atoms with E-state index in [2.05, 4.69) is 5.32 Å². The van der Waals surface area contributed by atoms with Crippen molar-refractivity contribution in [3.8, 4) is 0 Å². The summed E-state index contributed by atoms with van der Waals surface area (Å²) < 4.78 is 15.8. The normalized spacial score (nSPS) is 11.8. The number of carbonyl (C=O) groups excluding carboxylic acids is 3. The topological polar surface area (TPSA) is 90.9 Å². The van der Waals surface area contributed by atoms with Crippen LogP contribution in [0.3, 0.4) is 0 Å². The molecule has 0 aromatic heterocycles. The van der Waals surface area contributed by atoms with Gasteiger partial charge in [0.2, 0.25) is 0 Å². The Balaban J connectivity index is 1.91. The number of rotatable bonds is 9. The van der Waals surface area contributed by atoms with Gasteiger partial charge in [-0.25, -0.2) is 9.59 Å². The van der Waals surface area contributed by atoms with Crippen molar-refractivity contribution in [3.05, 3.63) is 71.8 Å². The molecule has 0 spiro atoms. The van der Waals surface area contributed by atoms with Crippen LogP contribution in [-0.4, -0.2) is 29.7 Å². The summed E-state index contributed by atoms with van der Waals surface area (Å²) in [5, 5.41) is 2.50. The zero-order valence-electron chi connectivity index (χ0n) is 18.1. The SMILES string of the molecule is CC(C)(C)OC(=O)NC(CCC(=O)OCc1ccccc1)C(=O)OCc1ccccc1. The maximum Gasteiger partial charge on any atom is 0.408 e. The van der Waals surface area contributed by atoms with Crippen LogP contribution in [-0.2, 0) is 37.0 Å². The predicted octanol–water partition coefficient (Wildman–Crippen LogP) is 4.15. The second-order valence-corrected chi connectivity index (χ2v) is 7.98. The van der Waals surface area contributed by atoms with Crippen molar-refractivity contribution < 1.29 is 28.6 Å². The first-order valence-corrected chi connectivity index (χ1v) is 10.1. The Hall–Kier alpha value is -3.35. The molecule has 0 aliphatic carbocycles. The summed E-state index contributed by atoms with van der Waals surface area (Å²) in [5.74, 6) is -1.12. The van der Waals surface area contributed by atoms with Crippen molar-refractivity contribution in [1.29, 1.82) is 0 Å². The van der Waals surface area contributed by atoms with Crippen molar-refractivity contribution >= 4 is 18.0 Å². The fourth-order valence-corrected chi connectivity index (χ4v) is 2.60. The standard InChI is InChI=1S/C24H29NO6/c1-24(2,3)31-23(28)25-20(22(27)30-17-19-12-8-5-9-13-19)14-15-21(26)29-16-18-10-6-4-7-11-18/h4-13,20H,14-17H2,1-3H3,(H,25,28). The Morgan fingerprint density at radius 2 is 1.35 bits per heavy atom. The second-order valence-electron chi connectivity index (χ2n) is 7.98. The van der Waals surface area contributed by atoms with Crippen LogP contribution in [0.15, 0.2) is 60.7 Å². The highest BCUT2D eigenvalue weighted by Crippen LogP contribution is 2.10. The van der Waals surface area contributed by atoms with Gasteiger partial charge in [0.25, 0.3) is 0 Å². The first kappa shape index (κ1) is 23.9. The summed E-state index contributed by atoms with van der Waals surface area (Å²) in [6.07, 6.45) is -0.791. The third-order valence-corrected chi connectivity index (χ3v) is 4.08. The molecule has 31 heavy (non-hydrogen) atoms. The molecule has 1 N–H and O–H groups in total. The van der Waals surface area contributed by atoms with Gasteiger partial charge in [0.1, 0.15) is 24.9 Å². The lowest BCUT2D eigenvalue weighted by molar-refractivity contribution is -0.149. The van der Waals surface area contributed by atoms with Crippen LogP contribution in [0.4, 0.5) is 4.79 Å². The molecule has 0 saturated carbocycles. The van der Waals surface area contributed by atoms with Gasteiger partial charge in [-0.3, -0.25) is 4.79 Å². The zero-order valence-corrected chi connectivity index (χ0v) is 18.1. The summed E-state index contributed by atoms with van der Waals surface area (Å²) >= 11 is 0. The van der Waals surface area contributed by atoms with Crippen molar-refractivity contribution in [1.82, 2.24) is 5.32 Å². The molecule has 1 atom stereocenters. The van der Waals surface area contributed by atoms with Crippen LogP contribution in [0.25, 0.3) is 0 Å². The number of amides is 1. The number of nitrogens with one attached hydrogen (secondary N) is 1. The van der Waals surface area contributed by atoms with Crippen LogP contribution in [0.2, 0.25) is 0 Å². The van der Waals surface area contributed by atoms with E-state index in [-0.39, 0.29) is 26.1 Å². The number of ether oxygens (including phenoxy) is 3. The molecule has 0 radical (unpaired) electrons. The molecule has 1 amide bonds. The summed E-state index contributed by atoms with van der Waals surface area (Å²) in [6, 6.07) is 17.4. The number of carbonyl (C=O) groups is 3. The van der Waals surface area contributed by atoms with Crippen LogP contribution in [0.1, 0.15) is 44.7 Å². The third-order valence-electron chi connectivity index (χ3n) is 4.08. The van der Waals surface area contributed by atoms with Gasteiger partial charge in [0.05, 0.1) is 0 Å². The Morgan fingerprint density at radius 1 is 0.839 bits per heavy atom. The van der Waals surface area contributed by atoms with E-state index in [9.17, 15) is 14.4 Å². The Kier molecular flexibility index (Phi) is 9.06. The lowest BCUT2D eigenvalue weighted by Crippen LogP contribution is -2.44. The van der Waals surface area contributed by atoms with E-state index in [0.29, 0.717) is 0 Å². The maximum absolute atomic E-state index is 12.6. The van der Waals surface area contributed by atoms with Gasteiger partial charge in [0.15, 0.2) is 0 Å². The number of hydrogen-bond acceptors (Lipinski definition) is 6. The minimum absolute atomic E-state index is 0.0283. The molecule has 7 nitrogen and oxygen atoms in total. The molecule has 2 aromatic carbocycles. The van der Waals surface area contributed by atoms with E-state index in [1.165, 1.54) is 0 Å². The number of alkyl carbamates (subject to hydrolysis) is 1. The average molecular weight is 427 g/mol. The van der Waals surface area contributed by atoms with E-state index >= 15 is 0 Å². The van der Waals surface area contributed by atoms with Crippen LogP contribution in [0, 0.1) is 0 Å². The Morgan fingerprint density at radius 3 is 1.87 bits per heavy atom. The summed E-state index contributed by atoms with van der Waals surface area (Å²) in [5.41, 5.74) is 0.952. The maximum atomic E-state index is 12.6. The number of esters is 2. The van der Waals surface area contributed by atoms with Gasteiger partial charge in [-0.1, -0.05) is 60.7 Å². The molecule has 166 valence electrons. The van der Waals surface area contributed by atoms with Crippen molar-refractivity contribution in [2.75, 3.05) is 0 Å². The largest absolute Gasteiger partial charge is 0.461 e. The minimum Gasteiger partial charge on any atom is -0.461 e. The quantitative estimate of drug-likeness (QED) is 0.478. The Labute approximate surface area is 182 Å². The first-order valence-electron chi connectivity index (χ1n) is 10.1. The molecular weight excluding hydrogens is 398 g/mol. The van der Waals surface area contributed by atoms with Gasteiger partial charge in [-0.15, -0.1) is 0 Å². The fourth-order valence-electron chi connectivity index (χ4n) is 2.60. The highest BCUT2D eigenvalue weighted by Gasteiger charge is 2.26. The summed E-state index contributed by atoms with van der Waals surface area (Å²) in [6.45, 7) is 5.36. The molecule has 0 fully saturated rings. The molecule has 0 aliphatic rings. The first-order chi connectivity index (χ1) is 14.7. The average Bonchev–Trinajstić information content (AvgIpc) is 2.73. The van der Waals surface area contributed by atoms with Crippen molar-refractivity contribution in [2.45, 2.75) is 58.5 Å². The lowest BCUT2D eigenvalue weighted by atomic mass is 10.1. The van der Waals surface area contributed by atoms with Gasteiger partial charge in [-0.2, -0.15) is 0 Å². The molecule has 0 aliphatic heterocycles. The highest BCUT2D eigenvalue weighted by atomic mass is 16.6. The summed E-state index contributed by atoms with van der Waals surface area (Å²) in [4.78, 5) is 36.8. The molecule has 2 aromatic rings. The Bertz CT molecular complexity index is 845. The van der Waals surface area contributed by atoms with Gasteiger partial charge in [0, 0.05) is 6.42 Å². The van der Waals surface area contributed by atoms with Crippen molar-refractivity contribution in [2.24, 2.45) is 0 Å². The molecule has 0 bridgehead atoms. The van der Waals surface area contributed by atoms with E-state index in [1.807, 2.05) is 60.7 Å². The van der Waals surface area contributed by atoms with Gasteiger partial charge in [-0.05, 0) is 38.3 Å². The molecular formula is C24H29NO6. The van der Waals surface area contributed by atoms with Crippen molar-refractivity contribution in [3.63, 3.8) is 0 Å². The third kappa shape index (κ3) is 9.80. The highest BCUT2D eigenvalue weighted by molar-refractivity contribution is 5.82. The summed E-state index contributed by atoms with van der Waals surface area (Å²) in [7, 11) is 0. The molecule has 0 saturated heterocycles. The predicted molar refractivity (Wildman–Crippen MR) is 115 cm³/mol. The van der Waals surface area contributed by atoms with Crippen LogP contribution in [0.5, 0.6) is 0 Å². The van der Waals surface area contributed by atoms with Crippen LogP contribution < -0.4 is 5.32 Å². The smallest absolute Gasteiger partial charge is 0.408 e. The second kappa shape index (κ2) is 11.7. The van der Waals surface area contributed by atoms with E-state index in [1.54, 1.807) is 20.8 Å². The van der Waals surface area contributed by atoms with Gasteiger partial charge < -0.3 is 19.5 Å². The zero-order chi connectivity index (χ0) is 22.7. The van der Waals surface area contributed by atoms with E-state index in [0.717, 1.165) is 11.1 Å². The van der Waals surface area contributed by atoms with E-state index in [4.69, 9.17) is 14.2 Å². The molecule has 2 rings (SSSR count). The number of benzene rings is 2. The molecule has 7 heteroatoms. The van der Waals surface area contributed by atoms with Gasteiger partial charge >= 0.3 is 18.0 Å². The minimum atomic E-state index is -1.04. The van der Waals surface area contributed by atoms with Crippen LogP contribution >= 0.6 is 0 Å². The monoisotopic (exact) mass is 427 g/mol. The number of hydrogen-bond donors (Lipinski definition) is 1. The van der Waals surface area contributed by atoms with E-state index < -0.39 is 29.7 Å². The lowest BCUT2D eigenvalue weighted by Gasteiger charge is -2.23. The fraction of sp³-hybridized carbons (Fsp3) is 0.375. The molecule has 0 heterocycles. The molecule has 1 unspecified atom stereocenters.